The lowest BCUT2D eigenvalue weighted by molar-refractivity contribution is 0.103. The van der Waals surface area contributed by atoms with Crippen molar-refractivity contribution in [2.24, 2.45) is 0 Å². The summed E-state index contributed by atoms with van der Waals surface area (Å²) in [5.74, 6) is 0.662. The van der Waals surface area contributed by atoms with Crippen LogP contribution in [0, 0.1) is 0 Å². The number of ether oxygens (including phenoxy) is 2. The maximum Gasteiger partial charge on any atom is 0.133 e. The van der Waals surface area contributed by atoms with Crippen molar-refractivity contribution in [3.63, 3.8) is 0 Å². The lowest BCUT2D eigenvalue weighted by atomic mass is 10.3. The number of hydrogen-bond acceptors (Lipinski definition) is 4. The normalized spacial score (nSPS) is 12.4. The van der Waals surface area contributed by atoms with Gasteiger partial charge in [-0.25, -0.2) is 0 Å². The van der Waals surface area contributed by atoms with Gasteiger partial charge in [-0.1, -0.05) is 11.6 Å². The Kier molecular flexibility index (Phi) is 7.62. The van der Waals surface area contributed by atoms with Crippen LogP contribution in [0.15, 0.2) is 22.7 Å². The van der Waals surface area contributed by atoms with E-state index in [9.17, 15) is 5.11 Å². The number of halogens is 2. The smallest absolute Gasteiger partial charge is 0.133 e. The second kappa shape index (κ2) is 8.72. The summed E-state index contributed by atoms with van der Waals surface area (Å²) in [6.45, 7) is 2.02. The molecule has 102 valence electrons. The number of aliphatic hydroxyl groups excluding tert-OH is 1. The molecule has 0 spiro atoms. The third-order valence-corrected chi connectivity index (χ3v) is 3.04. The van der Waals surface area contributed by atoms with Crippen LogP contribution in [0.2, 0.25) is 5.02 Å². The van der Waals surface area contributed by atoms with Crippen LogP contribution in [0.25, 0.3) is 0 Å². The van der Waals surface area contributed by atoms with Crippen LogP contribution in [-0.4, -0.2) is 44.6 Å². The minimum absolute atomic E-state index is 0.222. The Balaban J connectivity index is 2.27. The van der Waals surface area contributed by atoms with Crippen molar-refractivity contribution in [2.75, 3.05) is 33.4 Å². The monoisotopic (exact) mass is 337 g/mol. The molecule has 18 heavy (non-hydrogen) atoms. The van der Waals surface area contributed by atoms with Gasteiger partial charge < -0.3 is 19.9 Å². The third kappa shape index (κ3) is 6.02. The molecule has 1 atom stereocenters. The van der Waals surface area contributed by atoms with Gasteiger partial charge in [-0.2, -0.15) is 0 Å². The van der Waals surface area contributed by atoms with Gasteiger partial charge in [0.15, 0.2) is 0 Å². The molecule has 1 aromatic rings. The molecule has 0 aliphatic heterocycles. The molecule has 4 nitrogen and oxygen atoms in total. The van der Waals surface area contributed by atoms with E-state index in [1.54, 1.807) is 25.3 Å². The minimum atomic E-state index is -0.565. The maximum atomic E-state index is 9.69. The van der Waals surface area contributed by atoms with E-state index in [1.807, 2.05) is 0 Å². The van der Waals surface area contributed by atoms with Crippen LogP contribution >= 0.6 is 27.5 Å². The molecule has 1 unspecified atom stereocenters. The molecular formula is C12H17BrClNO3. The lowest BCUT2D eigenvalue weighted by Crippen LogP contribution is -2.33. The molecule has 0 saturated heterocycles. The molecule has 0 heterocycles. The Labute approximate surface area is 120 Å². The molecule has 6 heteroatoms. The van der Waals surface area contributed by atoms with Crippen molar-refractivity contribution in [1.29, 1.82) is 0 Å². The van der Waals surface area contributed by atoms with Crippen LogP contribution in [-0.2, 0) is 4.74 Å². The Bertz CT molecular complexity index is 365. The average Bonchev–Trinajstić information content (AvgIpc) is 2.33. The van der Waals surface area contributed by atoms with Crippen LogP contribution in [0.4, 0.5) is 0 Å². The molecule has 0 fully saturated rings. The zero-order valence-corrected chi connectivity index (χ0v) is 12.5. The highest BCUT2D eigenvalue weighted by Crippen LogP contribution is 2.27. The topological polar surface area (TPSA) is 50.7 Å². The fourth-order valence-electron chi connectivity index (χ4n) is 1.28. The number of hydrogen-bond donors (Lipinski definition) is 2. The summed E-state index contributed by atoms with van der Waals surface area (Å²) < 4.78 is 11.1. The summed E-state index contributed by atoms with van der Waals surface area (Å²) in [7, 11) is 1.64. The first-order valence-corrected chi connectivity index (χ1v) is 6.76. The predicted molar refractivity (Wildman–Crippen MR) is 75.4 cm³/mol. The molecule has 0 saturated carbocycles. The van der Waals surface area contributed by atoms with Gasteiger partial charge in [0.1, 0.15) is 18.5 Å². The summed E-state index contributed by atoms with van der Waals surface area (Å²) in [5, 5.41) is 13.4. The fraction of sp³-hybridized carbons (Fsp3) is 0.500. The van der Waals surface area contributed by atoms with E-state index in [0.29, 0.717) is 30.5 Å². The standard InChI is InChI=1S/C12H17BrClNO3/c1-17-5-4-15-7-10(16)8-18-12-3-2-9(14)6-11(12)13/h2-3,6,10,15-16H,4-5,7-8H2,1H3. The van der Waals surface area contributed by atoms with Gasteiger partial charge in [0, 0.05) is 25.2 Å². The van der Waals surface area contributed by atoms with Crippen LogP contribution < -0.4 is 10.1 Å². The van der Waals surface area contributed by atoms with Crippen LogP contribution in [0.1, 0.15) is 0 Å². The second-order valence-corrected chi connectivity index (χ2v) is 5.03. The van der Waals surface area contributed by atoms with E-state index in [1.165, 1.54) is 0 Å². The average molecular weight is 339 g/mol. The van der Waals surface area contributed by atoms with E-state index >= 15 is 0 Å². The first-order chi connectivity index (χ1) is 8.63. The van der Waals surface area contributed by atoms with Gasteiger partial charge in [0.05, 0.1) is 11.1 Å². The van der Waals surface area contributed by atoms with E-state index in [0.717, 1.165) is 4.47 Å². The fourth-order valence-corrected chi connectivity index (χ4v) is 2.08. The van der Waals surface area contributed by atoms with Crippen molar-refractivity contribution in [3.8, 4) is 5.75 Å². The van der Waals surface area contributed by atoms with Crippen LogP contribution in [0.3, 0.4) is 0 Å². The maximum absolute atomic E-state index is 9.69. The summed E-state index contributed by atoms with van der Waals surface area (Å²) in [5.41, 5.74) is 0. The summed E-state index contributed by atoms with van der Waals surface area (Å²) in [4.78, 5) is 0. The van der Waals surface area contributed by atoms with Gasteiger partial charge in [0.25, 0.3) is 0 Å². The van der Waals surface area contributed by atoms with Crippen molar-refractivity contribution in [1.82, 2.24) is 5.32 Å². The predicted octanol–water partition coefficient (Wildman–Crippen LogP) is 2.08. The molecular weight excluding hydrogens is 321 g/mol. The Morgan fingerprint density at radius 2 is 2.28 bits per heavy atom. The largest absolute Gasteiger partial charge is 0.490 e. The SMILES string of the molecule is COCCNCC(O)COc1ccc(Cl)cc1Br. The number of methoxy groups -OCH3 is 1. The lowest BCUT2D eigenvalue weighted by Gasteiger charge is -2.14. The number of nitrogens with one attached hydrogen (secondary N) is 1. The zero-order chi connectivity index (χ0) is 13.4. The molecule has 1 rings (SSSR count). The quantitative estimate of drug-likeness (QED) is 0.713. The molecule has 0 amide bonds. The second-order valence-electron chi connectivity index (χ2n) is 3.74. The van der Waals surface area contributed by atoms with Crippen molar-refractivity contribution in [3.05, 3.63) is 27.7 Å². The molecule has 0 radical (unpaired) electrons. The van der Waals surface area contributed by atoms with E-state index < -0.39 is 6.10 Å². The Morgan fingerprint density at radius 3 is 2.94 bits per heavy atom. The first kappa shape index (κ1) is 15.7. The molecule has 0 bridgehead atoms. The Hall–Kier alpha value is -0.330. The number of rotatable bonds is 8. The molecule has 1 aromatic carbocycles. The Morgan fingerprint density at radius 1 is 1.50 bits per heavy atom. The zero-order valence-electron chi connectivity index (χ0n) is 10.2. The summed E-state index contributed by atoms with van der Waals surface area (Å²) in [6, 6.07) is 5.25. The van der Waals surface area contributed by atoms with Crippen molar-refractivity contribution >= 4 is 27.5 Å². The molecule has 2 N–H and O–H groups in total. The number of benzene rings is 1. The highest BCUT2D eigenvalue weighted by Gasteiger charge is 2.07. The van der Waals surface area contributed by atoms with Gasteiger partial charge in [-0.05, 0) is 34.1 Å². The van der Waals surface area contributed by atoms with Gasteiger partial charge >= 0.3 is 0 Å². The van der Waals surface area contributed by atoms with Crippen molar-refractivity contribution in [2.45, 2.75) is 6.10 Å². The van der Waals surface area contributed by atoms with Gasteiger partial charge in [-0.15, -0.1) is 0 Å². The molecule has 0 aliphatic rings. The molecule has 0 aliphatic carbocycles. The van der Waals surface area contributed by atoms with Crippen molar-refractivity contribution < 1.29 is 14.6 Å². The third-order valence-electron chi connectivity index (χ3n) is 2.19. The first-order valence-electron chi connectivity index (χ1n) is 5.59. The van der Waals surface area contributed by atoms with E-state index in [2.05, 4.69) is 21.2 Å². The number of aliphatic hydroxyl groups is 1. The summed E-state index contributed by atoms with van der Waals surface area (Å²) >= 11 is 9.17. The summed E-state index contributed by atoms with van der Waals surface area (Å²) in [6.07, 6.45) is -0.565. The van der Waals surface area contributed by atoms with Crippen LogP contribution in [0.5, 0.6) is 5.75 Å². The highest BCUT2D eigenvalue weighted by atomic mass is 79.9. The minimum Gasteiger partial charge on any atom is -0.490 e. The van der Waals surface area contributed by atoms with E-state index in [-0.39, 0.29) is 6.61 Å². The molecule has 0 aromatic heterocycles. The van der Waals surface area contributed by atoms with E-state index in [4.69, 9.17) is 21.1 Å². The van der Waals surface area contributed by atoms with Gasteiger partial charge in [-0.3, -0.25) is 0 Å². The highest BCUT2D eigenvalue weighted by molar-refractivity contribution is 9.10. The van der Waals surface area contributed by atoms with Gasteiger partial charge in [0.2, 0.25) is 0 Å².